The SMILES string of the molecule is CCn1nc(C)cc1CC(NN)c1ccc(C)cc1C. The molecule has 1 heterocycles. The summed E-state index contributed by atoms with van der Waals surface area (Å²) in [5.74, 6) is 5.78. The van der Waals surface area contributed by atoms with E-state index in [1.807, 2.05) is 11.6 Å². The number of benzene rings is 1. The Kier molecular flexibility index (Phi) is 4.57. The van der Waals surface area contributed by atoms with E-state index in [1.54, 1.807) is 0 Å². The van der Waals surface area contributed by atoms with Gasteiger partial charge in [-0.25, -0.2) is 0 Å². The van der Waals surface area contributed by atoms with Crippen LogP contribution in [-0.4, -0.2) is 9.78 Å². The molecule has 3 N–H and O–H groups in total. The van der Waals surface area contributed by atoms with Gasteiger partial charge in [0, 0.05) is 18.7 Å². The van der Waals surface area contributed by atoms with E-state index in [1.165, 1.54) is 22.4 Å². The number of aryl methyl sites for hydroxylation is 4. The van der Waals surface area contributed by atoms with Crippen LogP contribution in [-0.2, 0) is 13.0 Å². The molecule has 1 aromatic heterocycles. The minimum atomic E-state index is 0.108. The van der Waals surface area contributed by atoms with Gasteiger partial charge in [-0.2, -0.15) is 5.10 Å². The summed E-state index contributed by atoms with van der Waals surface area (Å²) in [6.07, 6.45) is 0.842. The summed E-state index contributed by atoms with van der Waals surface area (Å²) in [6, 6.07) is 8.74. The lowest BCUT2D eigenvalue weighted by Gasteiger charge is -2.19. The highest BCUT2D eigenvalue weighted by Crippen LogP contribution is 2.22. The molecule has 0 aliphatic rings. The van der Waals surface area contributed by atoms with E-state index in [-0.39, 0.29) is 6.04 Å². The summed E-state index contributed by atoms with van der Waals surface area (Å²) in [4.78, 5) is 0. The van der Waals surface area contributed by atoms with E-state index in [0.717, 1.165) is 18.7 Å². The van der Waals surface area contributed by atoms with Crippen LogP contribution in [0.2, 0.25) is 0 Å². The van der Waals surface area contributed by atoms with Crippen molar-refractivity contribution in [2.24, 2.45) is 5.84 Å². The summed E-state index contributed by atoms with van der Waals surface area (Å²) in [5, 5.41) is 4.49. The first-order valence-electron chi connectivity index (χ1n) is 7.11. The molecule has 0 aliphatic heterocycles. The fourth-order valence-electron chi connectivity index (χ4n) is 2.72. The molecular weight excluding hydrogens is 248 g/mol. The largest absolute Gasteiger partial charge is 0.271 e. The molecule has 0 saturated carbocycles. The summed E-state index contributed by atoms with van der Waals surface area (Å²) >= 11 is 0. The molecule has 4 nitrogen and oxygen atoms in total. The van der Waals surface area contributed by atoms with Gasteiger partial charge in [0.25, 0.3) is 0 Å². The first kappa shape index (κ1) is 14.8. The van der Waals surface area contributed by atoms with Gasteiger partial charge in [0.1, 0.15) is 0 Å². The van der Waals surface area contributed by atoms with Gasteiger partial charge in [0.15, 0.2) is 0 Å². The van der Waals surface area contributed by atoms with Crippen molar-refractivity contribution in [3.63, 3.8) is 0 Å². The smallest absolute Gasteiger partial charge is 0.0596 e. The minimum absolute atomic E-state index is 0.108. The molecule has 0 bridgehead atoms. The average molecular weight is 272 g/mol. The van der Waals surface area contributed by atoms with Crippen LogP contribution in [0.1, 0.15) is 41.0 Å². The maximum absolute atomic E-state index is 5.78. The molecule has 1 aromatic carbocycles. The molecule has 2 rings (SSSR count). The highest BCUT2D eigenvalue weighted by atomic mass is 15.3. The van der Waals surface area contributed by atoms with E-state index < -0.39 is 0 Å². The molecule has 0 amide bonds. The third-order valence-electron chi connectivity index (χ3n) is 3.70. The zero-order valence-corrected chi connectivity index (χ0v) is 12.8. The number of aromatic nitrogens is 2. The van der Waals surface area contributed by atoms with Crippen LogP contribution < -0.4 is 11.3 Å². The Bertz CT molecular complexity index is 586. The van der Waals surface area contributed by atoms with Crippen LogP contribution in [0.5, 0.6) is 0 Å². The maximum atomic E-state index is 5.78. The van der Waals surface area contributed by atoms with Gasteiger partial charge in [-0.05, 0) is 44.9 Å². The molecule has 0 aliphatic carbocycles. The average Bonchev–Trinajstić information content (AvgIpc) is 2.76. The van der Waals surface area contributed by atoms with E-state index >= 15 is 0 Å². The highest BCUT2D eigenvalue weighted by molar-refractivity contribution is 5.33. The molecule has 20 heavy (non-hydrogen) atoms. The third-order valence-corrected chi connectivity index (χ3v) is 3.70. The van der Waals surface area contributed by atoms with Crippen LogP contribution in [0.4, 0.5) is 0 Å². The molecule has 0 fully saturated rings. The fraction of sp³-hybridized carbons (Fsp3) is 0.438. The number of hydrogen-bond acceptors (Lipinski definition) is 3. The van der Waals surface area contributed by atoms with Gasteiger partial charge in [0.2, 0.25) is 0 Å². The van der Waals surface area contributed by atoms with Gasteiger partial charge in [-0.3, -0.25) is 16.0 Å². The molecule has 4 heteroatoms. The third kappa shape index (κ3) is 3.08. The first-order valence-corrected chi connectivity index (χ1v) is 7.11. The molecule has 0 radical (unpaired) electrons. The van der Waals surface area contributed by atoms with E-state index in [4.69, 9.17) is 5.84 Å². The Balaban J connectivity index is 2.28. The van der Waals surface area contributed by atoms with Crippen molar-refractivity contribution >= 4 is 0 Å². The molecule has 108 valence electrons. The van der Waals surface area contributed by atoms with Crippen LogP contribution in [0.15, 0.2) is 24.3 Å². The zero-order chi connectivity index (χ0) is 14.7. The van der Waals surface area contributed by atoms with Crippen molar-refractivity contribution in [3.8, 4) is 0 Å². The van der Waals surface area contributed by atoms with Crippen LogP contribution >= 0.6 is 0 Å². The standard InChI is InChI=1S/C16H24N4/c1-5-20-14(9-13(4)19-20)10-16(18-17)15-7-6-11(2)8-12(15)3/h6-9,16,18H,5,10,17H2,1-4H3. The van der Waals surface area contributed by atoms with Gasteiger partial charge in [-0.1, -0.05) is 23.8 Å². The molecular formula is C16H24N4. The van der Waals surface area contributed by atoms with Crippen molar-refractivity contribution in [1.29, 1.82) is 0 Å². The number of nitrogens with one attached hydrogen (secondary N) is 1. The van der Waals surface area contributed by atoms with Crippen molar-refractivity contribution in [3.05, 3.63) is 52.3 Å². The lowest BCUT2D eigenvalue weighted by Crippen LogP contribution is -2.30. The minimum Gasteiger partial charge on any atom is -0.271 e. The van der Waals surface area contributed by atoms with Crippen molar-refractivity contribution < 1.29 is 0 Å². The fourth-order valence-corrected chi connectivity index (χ4v) is 2.72. The predicted molar refractivity (Wildman–Crippen MR) is 82.3 cm³/mol. The lowest BCUT2D eigenvalue weighted by atomic mass is 9.96. The number of hydrazine groups is 1. The van der Waals surface area contributed by atoms with Gasteiger partial charge < -0.3 is 0 Å². The molecule has 1 unspecified atom stereocenters. The van der Waals surface area contributed by atoms with Crippen LogP contribution in [0.3, 0.4) is 0 Å². The van der Waals surface area contributed by atoms with Crippen LogP contribution in [0, 0.1) is 20.8 Å². The zero-order valence-electron chi connectivity index (χ0n) is 12.8. The Morgan fingerprint density at radius 2 is 2.00 bits per heavy atom. The number of rotatable bonds is 5. The second-order valence-electron chi connectivity index (χ2n) is 5.38. The normalized spacial score (nSPS) is 12.7. The first-order chi connectivity index (χ1) is 9.55. The quantitative estimate of drug-likeness (QED) is 0.650. The van der Waals surface area contributed by atoms with Crippen molar-refractivity contribution in [1.82, 2.24) is 15.2 Å². The topological polar surface area (TPSA) is 55.9 Å². The maximum Gasteiger partial charge on any atom is 0.0596 e. The Morgan fingerprint density at radius 1 is 1.25 bits per heavy atom. The predicted octanol–water partition coefficient (Wildman–Crippen LogP) is 2.58. The number of hydrogen-bond donors (Lipinski definition) is 2. The summed E-state index contributed by atoms with van der Waals surface area (Å²) < 4.78 is 2.04. The van der Waals surface area contributed by atoms with Crippen molar-refractivity contribution in [2.75, 3.05) is 0 Å². The number of nitrogens with two attached hydrogens (primary N) is 1. The Labute approximate surface area is 121 Å². The molecule has 2 aromatic rings. The van der Waals surface area contributed by atoms with Gasteiger partial charge in [-0.15, -0.1) is 0 Å². The summed E-state index contributed by atoms with van der Waals surface area (Å²) in [6.45, 7) is 9.26. The highest BCUT2D eigenvalue weighted by Gasteiger charge is 2.16. The van der Waals surface area contributed by atoms with E-state index in [2.05, 4.69) is 55.6 Å². The van der Waals surface area contributed by atoms with Crippen molar-refractivity contribution in [2.45, 2.75) is 46.7 Å². The number of nitrogens with zero attached hydrogens (tertiary/aromatic N) is 2. The molecule has 1 atom stereocenters. The van der Waals surface area contributed by atoms with Gasteiger partial charge >= 0.3 is 0 Å². The Hall–Kier alpha value is -1.65. The van der Waals surface area contributed by atoms with Crippen LogP contribution in [0.25, 0.3) is 0 Å². The van der Waals surface area contributed by atoms with Gasteiger partial charge in [0.05, 0.1) is 11.7 Å². The molecule has 0 spiro atoms. The lowest BCUT2D eigenvalue weighted by molar-refractivity contribution is 0.515. The summed E-state index contributed by atoms with van der Waals surface area (Å²) in [5.41, 5.74) is 9.01. The van der Waals surface area contributed by atoms with E-state index in [0.29, 0.717) is 0 Å². The summed E-state index contributed by atoms with van der Waals surface area (Å²) in [7, 11) is 0. The Morgan fingerprint density at radius 3 is 2.60 bits per heavy atom. The second kappa shape index (κ2) is 6.20. The monoisotopic (exact) mass is 272 g/mol. The molecule has 0 saturated heterocycles. The van der Waals surface area contributed by atoms with E-state index in [9.17, 15) is 0 Å². The second-order valence-corrected chi connectivity index (χ2v) is 5.38.